The number of ether oxygens (including phenoxy) is 3. The molecule has 0 N–H and O–H groups in total. The van der Waals surface area contributed by atoms with Crippen molar-refractivity contribution in [2.45, 2.75) is 11.5 Å². The molecule has 34 heavy (non-hydrogen) atoms. The number of hydrogen-bond acceptors (Lipinski definition) is 4. The summed E-state index contributed by atoms with van der Waals surface area (Å²) >= 11 is 0. The van der Waals surface area contributed by atoms with Crippen molar-refractivity contribution in [3.8, 4) is 17.2 Å². The largest absolute Gasteiger partial charge is 0.488 e. The van der Waals surface area contributed by atoms with Crippen LogP contribution in [0.15, 0.2) is 97.1 Å². The highest BCUT2D eigenvalue weighted by atomic mass is 16.6. The average molecular weight is 448 g/mol. The van der Waals surface area contributed by atoms with Crippen molar-refractivity contribution in [1.29, 1.82) is 0 Å². The number of anilines is 1. The van der Waals surface area contributed by atoms with E-state index in [-0.39, 0.29) is 11.5 Å². The van der Waals surface area contributed by atoms with Gasteiger partial charge in [-0.15, -0.1) is 0 Å². The maximum atomic E-state index is 6.40. The van der Waals surface area contributed by atoms with Crippen LogP contribution in [0.2, 0.25) is 0 Å². The van der Waals surface area contributed by atoms with Gasteiger partial charge in [0, 0.05) is 17.8 Å². The van der Waals surface area contributed by atoms with Crippen LogP contribution in [0.1, 0.15) is 28.3 Å². The minimum Gasteiger partial charge on any atom is -0.488 e. The predicted molar refractivity (Wildman–Crippen MR) is 132 cm³/mol. The molecule has 1 spiro atoms. The normalized spacial score (nSPS) is 19.7. The van der Waals surface area contributed by atoms with Crippen LogP contribution < -0.4 is 19.1 Å². The first-order valence-electron chi connectivity index (χ1n) is 11.9. The highest BCUT2D eigenvalue weighted by Crippen LogP contribution is 2.57. The summed E-state index contributed by atoms with van der Waals surface area (Å²) in [5.41, 5.74) is 6.05. The Kier molecular flexibility index (Phi) is 4.34. The first-order valence-corrected chi connectivity index (χ1v) is 11.9. The van der Waals surface area contributed by atoms with Crippen LogP contribution in [-0.4, -0.2) is 26.4 Å². The summed E-state index contributed by atoms with van der Waals surface area (Å²) < 4.78 is 18.2. The van der Waals surface area contributed by atoms with Crippen molar-refractivity contribution in [2.75, 3.05) is 31.3 Å². The average Bonchev–Trinajstić information content (AvgIpc) is 3.45. The third-order valence-corrected chi connectivity index (χ3v) is 7.35. The molecule has 7 rings (SSSR count). The number of rotatable bonds is 3. The molecule has 0 amide bonds. The monoisotopic (exact) mass is 447 g/mol. The molecule has 0 fully saturated rings. The highest BCUT2D eigenvalue weighted by Gasteiger charge is 2.52. The summed E-state index contributed by atoms with van der Waals surface area (Å²) in [5.74, 6) is 2.36. The van der Waals surface area contributed by atoms with Gasteiger partial charge in [-0.25, -0.2) is 0 Å². The zero-order valence-electron chi connectivity index (χ0n) is 18.8. The number of hydrogen-bond donors (Lipinski definition) is 0. The molecule has 3 heterocycles. The molecule has 0 aromatic heterocycles. The summed E-state index contributed by atoms with van der Waals surface area (Å²) in [7, 11) is 0. The molecule has 1 unspecified atom stereocenters. The van der Waals surface area contributed by atoms with Gasteiger partial charge >= 0.3 is 0 Å². The second-order valence-electron chi connectivity index (χ2n) is 9.21. The third kappa shape index (κ3) is 2.78. The fourth-order valence-electron chi connectivity index (χ4n) is 5.88. The summed E-state index contributed by atoms with van der Waals surface area (Å²) in [4.78, 5) is 2.55. The van der Waals surface area contributed by atoms with Crippen LogP contribution in [-0.2, 0) is 5.41 Å². The fourth-order valence-corrected chi connectivity index (χ4v) is 5.88. The Balaban J connectivity index is 1.40. The van der Waals surface area contributed by atoms with Gasteiger partial charge in [-0.2, -0.15) is 0 Å². The first-order chi connectivity index (χ1) is 16.9. The van der Waals surface area contributed by atoms with Crippen LogP contribution in [0.4, 0.5) is 5.69 Å². The molecular formula is C30H25NO3. The Hall–Kier alpha value is -3.92. The predicted octanol–water partition coefficient (Wildman–Crippen LogP) is 5.75. The zero-order chi connectivity index (χ0) is 22.5. The van der Waals surface area contributed by atoms with E-state index < -0.39 is 0 Å². The molecule has 4 heteroatoms. The lowest BCUT2D eigenvalue weighted by molar-refractivity contribution is 0.164. The molecule has 0 saturated carbocycles. The van der Waals surface area contributed by atoms with E-state index in [0.29, 0.717) is 19.8 Å². The molecule has 0 radical (unpaired) electrons. The molecular weight excluding hydrogens is 422 g/mol. The van der Waals surface area contributed by atoms with Gasteiger partial charge in [0.2, 0.25) is 5.75 Å². The van der Waals surface area contributed by atoms with Gasteiger partial charge < -0.3 is 19.1 Å². The van der Waals surface area contributed by atoms with E-state index in [2.05, 4.69) is 95.9 Å². The van der Waals surface area contributed by atoms with Gasteiger partial charge in [-0.1, -0.05) is 84.9 Å². The van der Waals surface area contributed by atoms with E-state index in [1.54, 1.807) is 0 Å². The molecule has 3 aliphatic heterocycles. The molecule has 3 aliphatic rings. The number of para-hydroxylation sites is 1. The second-order valence-corrected chi connectivity index (χ2v) is 9.21. The fraction of sp³-hybridized carbons (Fsp3) is 0.200. The summed E-state index contributed by atoms with van der Waals surface area (Å²) in [6, 6.07) is 34.7. The Labute approximate surface area is 199 Å². The van der Waals surface area contributed by atoms with E-state index >= 15 is 0 Å². The maximum Gasteiger partial charge on any atom is 0.204 e. The minimum atomic E-state index is -0.260. The molecule has 168 valence electrons. The van der Waals surface area contributed by atoms with E-state index in [1.807, 2.05) is 6.07 Å². The van der Waals surface area contributed by atoms with Gasteiger partial charge in [-0.3, -0.25) is 0 Å². The Morgan fingerprint density at radius 1 is 0.618 bits per heavy atom. The summed E-state index contributed by atoms with van der Waals surface area (Å²) in [6.45, 7) is 2.54. The van der Waals surface area contributed by atoms with Crippen molar-refractivity contribution in [3.63, 3.8) is 0 Å². The molecule has 0 saturated heterocycles. The number of nitrogens with zero attached hydrogens (tertiary/aromatic N) is 1. The standard InChI is InChI=1S/C30H25NO3/c1-3-9-21(10-4-1)27(22-11-5-2-6-12-22)31-19-30(23-13-7-8-14-25(23)31)20-34-28-24(30)15-16-26-29(28)33-18-17-32-26/h1-16,27H,17-20H2. The lowest BCUT2D eigenvalue weighted by Gasteiger charge is -2.33. The van der Waals surface area contributed by atoms with Gasteiger partial charge in [0.15, 0.2) is 11.5 Å². The molecule has 0 bridgehead atoms. The van der Waals surface area contributed by atoms with Gasteiger partial charge in [0.25, 0.3) is 0 Å². The van der Waals surface area contributed by atoms with Crippen molar-refractivity contribution >= 4 is 5.69 Å². The lowest BCUT2D eigenvalue weighted by atomic mass is 9.77. The summed E-state index contributed by atoms with van der Waals surface area (Å²) in [5, 5.41) is 0. The topological polar surface area (TPSA) is 30.9 Å². The van der Waals surface area contributed by atoms with Crippen molar-refractivity contribution in [1.82, 2.24) is 0 Å². The smallest absolute Gasteiger partial charge is 0.204 e. The SMILES string of the molecule is c1ccc(C(c2ccccc2)N2CC3(COc4c3ccc3c4OCCO3)c3ccccc32)cc1. The van der Waals surface area contributed by atoms with Crippen LogP contribution in [0.5, 0.6) is 17.2 Å². The number of benzene rings is 4. The van der Waals surface area contributed by atoms with Crippen LogP contribution in [0.3, 0.4) is 0 Å². The Morgan fingerprint density at radius 2 is 1.29 bits per heavy atom. The van der Waals surface area contributed by atoms with Crippen molar-refractivity contribution in [3.05, 3.63) is 119 Å². The van der Waals surface area contributed by atoms with Gasteiger partial charge in [0.1, 0.15) is 19.8 Å². The zero-order valence-corrected chi connectivity index (χ0v) is 18.8. The second kappa shape index (κ2) is 7.56. The summed E-state index contributed by atoms with van der Waals surface area (Å²) in [6.07, 6.45) is 0. The van der Waals surface area contributed by atoms with E-state index in [4.69, 9.17) is 14.2 Å². The molecule has 1 atom stereocenters. The maximum absolute atomic E-state index is 6.40. The van der Waals surface area contributed by atoms with E-state index in [9.17, 15) is 0 Å². The minimum absolute atomic E-state index is 0.101. The molecule has 0 aliphatic carbocycles. The molecule has 4 nitrogen and oxygen atoms in total. The molecule has 4 aromatic carbocycles. The highest BCUT2D eigenvalue weighted by molar-refractivity contribution is 5.73. The van der Waals surface area contributed by atoms with Gasteiger partial charge in [0.05, 0.1) is 11.5 Å². The van der Waals surface area contributed by atoms with Crippen LogP contribution in [0, 0.1) is 0 Å². The third-order valence-electron chi connectivity index (χ3n) is 7.35. The van der Waals surface area contributed by atoms with Gasteiger partial charge in [-0.05, 0) is 28.8 Å². The van der Waals surface area contributed by atoms with E-state index in [0.717, 1.165) is 23.8 Å². The quantitative estimate of drug-likeness (QED) is 0.400. The van der Waals surface area contributed by atoms with E-state index in [1.165, 1.54) is 27.9 Å². The first kappa shape index (κ1) is 19.5. The number of fused-ring (bicyclic) bond motifs is 6. The van der Waals surface area contributed by atoms with Crippen LogP contribution in [0.25, 0.3) is 0 Å². The Morgan fingerprint density at radius 3 is 2.06 bits per heavy atom. The van der Waals surface area contributed by atoms with Crippen LogP contribution >= 0.6 is 0 Å². The van der Waals surface area contributed by atoms with Crippen molar-refractivity contribution < 1.29 is 14.2 Å². The molecule has 4 aromatic rings. The lowest BCUT2D eigenvalue weighted by Crippen LogP contribution is -2.38. The van der Waals surface area contributed by atoms with Crippen molar-refractivity contribution in [2.24, 2.45) is 0 Å². The Bertz CT molecular complexity index is 1310.